The van der Waals surface area contributed by atoms with Crippen LogP contribution < -0.4 is 0 Å². The van der Waals surface area contributed by atoms with Gasteiger partial charge >= 0.3 is 0 Å². The van der Waals surface area contributed by atoms with E-state index in [4.69, 9.17) is 9.84 Å². The smallest absolute Gasteiger partial charge is 0.177 e. The summed E-state index contributed by atoms with van der Waals surface area (Å²) in [6, 6.07) is 8.26. The third-order valence-corrected chi connectivity index (χ3v) is 8.21. The maximum absolute atomic E-state index is 13.1. The topological polar surface area (TPSA) is 84.1 Å². The van der Waals surface area contributed by atoms with Gasteiger partial charge in [-0.15, -0.1) is 0 Å². The molecule has 218 valence electrons. The maximum Gasteiger partial charge on any atom is 0.177 e. The zero-order valence-electron chi connectivity index (χ0n) is 24.9. The molecular formula is C32H51N3O4. The van der Waals surface area contributed by atoms with Crippen molar-refractivity contribution in [3.63, 3.8) is 0 Å². The Morgan fingerprint density at radius 2 is 1.90 bits per heavy atom. The van der Waals surface area contributed by atoms with E-state index < -0.39 is 0 Å². The van der Waals surface area contributed by atoms with Crippen LogP contribution in [-0.4, -0.2) is 58.2 Å². The van der Waals surface area contributed by atoms with Crippen molar-refractivity contribution in [2.24, 2.45) is 4.99 Å². The number of ketones is 2. The Bertz CT molecular complexity index is 1290. The summed E-state index contributed by atoms with van der Waals surface area (Å²) in [6.07, 6.45) is 5.41. The lowest BCUT2D eigenvalue weighted by atomic mass is 9.77. The molecule has 2 unspecified atom stereocenters. The Kier molecular flexibility index (Phi) is 10.1. The Labute approximate surface area is 238 Å². The van der Waals surface area contributed by atoms with Crippen LogP contribution in [0.3, 0.4) is 0 Å². The predicted octanol–water partition coefficient (Wildman–Crippen LogP) is 6.42. The summed E-state index contributed by atoms with van der Waals surface area (Å²) < 4.78 is 7.60. The van der Waals surface area contributed by atoms with Crippen molar-refractivity contribution in [3.05, 3.63) is 64.0 Å². The molecule has 7 heteroatoms. The summed E-state index contributed by atoms with van der Waals surface area (Å²) in [6.45, 7) is 13.9. The van der Waals surface area contributed by atoms with Gasteiger partial charge in [-0.05, 0) is 74.4 Å². The van der Waals surface area contributed by atoms with Gasteiger partial charge in [0.05, 0.1) is 17.4 Å². The highest BCUT2D eigenvalue weighted by atomic mass is 16.5. The number of aromatic nitrogens is 1. The first-order chi connectivity index (χ1) is 18.7. The summed E-state index contributed by atoms with van der Waals surface area (Å²) in [4.78, 5) is 32.4. The minimum Gasteiger partial charge on any atom is -0.400 e. The minimum absolute atomic E-state index is 0. The number of hydrogen-bond acceptors (Lipinski definition) is 6. The van der Waals surface area contributed by atoms with Crippen molar-refractivity contribution in [2.75, 3.05) is 20.8 Å². The molecule has 3 aliphatic rings. The standard InChI is InChI=1S/C29H35N3O3.C2H6.CH4O.3H2/c1-18-12-28-30-24(14-25(20(3)33)32(28)16-18)27(34)9-7-21-6-8-22-10-11-31(17-23(22)13-21)26-15-29(4,35-5)19(26)2;2*1-2;;;/h6,8,12-13,16,25H,7,9-11,14-15,17H2,1-5H3;1-2H3;2H,1H3;3*1H. The van der Waals surface area contributed by atoms with Crippen molar-refractivity contribution in [1.82, 2.24) is 9.47 Å². The number of fused-ring (bicyclic) bond motifs is 2. The maximum atomic E-state index is 13.1. The predicted molar refractivity (Wildman–Crippen MR) is 163 cm³/mol. The summed E-state index contributed by atoms with van der Waals surface area (Å²) in [5.41, 5.74) is 8.13. The van der Waals surface area contributed by atoms with Crippen LogP contribution in [0.15, 0.2) is 46.7 Å². The molecule has 1 N–H and O–H groups in total. The Hall–Kier alpha value is -3.03. The lowest BCUT2D eigenvalue weighted by Crippen LogP contribution is -2.45. The fourth-order valence-corrected chi connectivity index (χ4v) is 5.68. The van der Waals surface area contributed by atoms with Crippen LogP contribution in [0.4, 0.5) is 5.82 Å². The normalized spacial score (nSPS) is 21.3. The van der Waals surface area contributed by atoms with E-state index >= 15 is 0 Å². The number of carbonyl (C=O) groups excluding carboxylic acids is 2. The largest absolute Gasteiger partial charge is 0.400 e. The van der Waals surface area contributed by atoms with Crippen molar-refractivity contribution in [3.8, 4) is 0 Å². The van der Waals surface area contributed by atoms with Crippen molar-refractivity contribution < 1.29 is 23.7 Å². The molecule has 0 amide bonds. The molecule has 7 nitrogen and oxygen atoms in total. The molecule has 1 aromatic heterocycles. The van der Waals surface area contributed by atoms with Gasteiger partial charge in [0.1, 0.15) is 5.82 Å². The summed E-state index contributed by atoms with van der Waals surface area (Å²) in [5, 5.41) is 7.00. The molecule has 5 rings (SSSR count). The average Bonchev–Trinajstić information content (AvgIpc) is 3.35. The van der Waals surface area contributed by atoms with Crippen molar-refractivity contribution in [2.45, 2.75) is 91.8 Å². The number of aliphatic hydroxyl groups excluding tert-OH is 1. The van der Waals surface area contributed by atoms with E-state index in [0.29, 0.717) is 30.8 Å². The highest BCUT2D eigenvalue weighted by molar-refractivity contribution is 6.41. The number of rotatable bonds is 7. The molecule has 2 aliphatic heterocycles. The van der Waals surface area contributed by atoms with E-state index in [2.05, 4.69) is 41.9 Å². The Morgan fingerprint density at radius 1 is 1.18 bits per heavy atom. The zero-order valence-corrected chi connectivity index (χ0v) is 24.9. The third-order valence-electron chi connectivity index (χ3n) is 8.21. The highest BCUT2D eigenvalue weighted by Crippen LogP contribution is 2.43. The first-order valence-electron chi connectivity index (χ1n) is 14.0. The fraction of sp³-hybridized carbons (Fsp3) is 0.531. The number of ether oxygens (including phenoxy) is 1. The summed E-state index contributed by atoms with van der Waals surface area (Å²) in [7, 11) is 2.79. The first-order valence-corrected chi connectivity index (χ1v) is 14.0. The van der Waals surface area contributed by atoms with Gasteiger partial charge in [0.15, 0.2) is 11.6 Å². The number of benzene rings is 1. The van der Waals surface area contributed by atoms with Crippen molar-refractivity contribution in [1.29, 1.82) is 0 Å². The molecule has 0 radical (unpaired) electrons. The van der Waals surface area contributed by atoms with E-state index in [0.717, 1.165) is 38.6 Å². The quantitative estimate of drug-likeness (QED) is 0.437. The van der Waals surface area contributed by atoms with Gasteiger partial charge in [0, 0.05) is 62.7 Å². The fourth-order valence-electron chi connectivity index (χ4n) is 5.68. The second-order valence-electron chi connectivity index (χ2n) is 10.6. The Morgan fingerprint density at radius 3 is 2.54 bits per heavy atom. The first kappa shape index (κ1) is 30.5. The number of aliphatic hydroxyl groups is 1. The monoisotopic (exact) mass is 541 g/mol. The second kappa shape index (κ2) is 12.9. The van der Waals surface area contributed by atoms with Crippen LogP contribution in [-0.2, 0) is 33.7 Å². The Balaban J connectivity index is 0.00000230. The molecular weight excluding hydrogens is 490 g/mol. The number of carbonyl (C=O) groups is 2. The van der Waals surface area contributed by atoms with Crippen LogP contribution in [0.2, 0.25) is 0 Å². The second-order valence-corrected chi connectivity index (χ2v) is 10.6. The van der Waals surface area contributed by atoms with Crippen molar-refractivity contribution >= 4 is 23.1 Å². The molecule has 0 fully saturated rings. The molecule has 0 spiro atoms. The van der Waals surface area contributed by atoms with Gasteiger partial charge in [-0.3, -0.25) is 9.59 Å². The number of methoxy groups -OCH3 is 1. The highest BCUT2D eigenvalue weighted by Gasteiger charge is 2.41. The van der Waals surface area contributed by atoms with E-state index in [1.165, 1.54) is 28.0 Å². The number of nitrogens with zero attached hydrogens (tertiary/aromatic N) is 3. The lowest BCUT2D eigenvalue weighted by molar-refractivity contribution is -0.119. The van der Waals surface area contributed by atoms with Gasteiger partial charge in [-0.1, -0.05) is 32.0 Å². The van der Waals surface area contributed by atoms with E-state index in [1.54, 1.807) is 14.0 Å². The van der Waals surface area contributed by atoms with Gasteiger partial charge in [0.25, 0.3) is 0 Å². The zero-order chi connectivity index (χ0) is 28.9. The SMILES string of the molecule is CC.CO.COC1(C)CC(N2CCc3ccc(CCC(=O)C4=Nc5cc(C)cn5C(C(C)=O)C4)cc3C2)=C1C.[HH].[HH].[HH]. The molecule has 3 heterocycles. The van der Waals surface area contributed by atoms with E-state index in [9.17, 15) is 9.59 Å². The van der Waals surface area contributed by atoms with Gasteiger partial charge < -0.3 is 19.3 Å². The minimum atomic E-state index is -0.339. The van der Waals surface area contributed by atoms with Gasteiger partial charge in [-0.2, -0.15) is 0 Å². The summed E-state index contributed by atoms with van der Waals surface area (Å²) in [5.74, 6) is 0.801. The van der Waals surface area contributed by atoms with Gasteiger partial charge in [0.2, 0.25) is 0 Å². The van der Waals surface area contributed by atoms with Crippen LogP contribution >= 0.6 is 0 Å². The molecule has 2 aromatic rings. The average molecular weight is 542 g/mol. The number of Topliss-reactive ketones (excluding diaryl/α,β-unsaturated/α-hetero) is 2. The molecule has 39 heavy (non-hydrogen) atoms. The van der Waals surface area contributed by atoms with E-state index in [-0.39, 0.29) is 27.5 Å². The van der Waals surface area contributed by atoms with Gasteiger partial charge in [-0.25, -0.2) is 4.99 Å². The van der Waals surface area contributed by atoms with Crippen LogP contribution in [0.5, 0.6) is 0 Å². The van der Waals surface area contributed by atoms with Crippen LogP contribution in [0.1, 0.15) is 86.5 Å². The molecule has 0 saturated heterocycles. The van der Waals surface area contributed by atoms with Crippen LogP contribution in [0, 0.1) is 6.92 Å². The molecule has 2 atom stereocenters. The third kappa shape index (κ3) is 6.25. The number of aryl methyl sites for hydroxylation is 2. The molecule has 0 bridgehead atoms. The molecule has 1 aliphatic carbocycles. The van der Waals surface area contributed by atoms with Crippen LogP contribution in [0.25, 0.3) is 0 Å². The van der Waals surface area contributed by atoms with E-state index in [1.807, 2.05) is 37.6 Å². The molecule has 0 saturated carbocycles. The number of hydrogen-bond donors (Lipinski definition) is 1. The number of aliphatic imine (C=N–C) groups is 1. The molecule has 1 aromatic carbocycles. The lowest BCUT2D eigenvalue weighted by Gasteiger charge is -2.47. The summed E-state index contributed by atoms with van der Waals surface area (Å²) >= 11 is 0.